The van der Waals surface area contributed by atoms with Crippen LogP contribution in [0.5, 0.6) is 0 Å². The minimum Gasteiger partial charge on any atom is -0.381 e. The fraction of sp³-hybridized carbons (Fsp3) is 1.00. The van der Waals surface area contributed by atoms with Gasteiger partial charge in [0.05, 0.1) is 17.1 Å². The van der Waals surface area contributed by atoms with Crippen LogP contribution >= 0.6 is 0 Å². The lowest BCUT2D eigenvalue weighted by atomic mass is 10.0. The third-order valence-electron chi connectivity index (χ3n) is 2.55. The van der Waals surface area contributed by atoms with Crippen molar-refractivity contribution in [1.82, 2.24) is 4.31 Å². The van der Waals surface area contributed by atoms with Gasteiger partial charge in [-0.1, -0.05) is 0 Å². The van der Waals surface area contributed by atoms with E-state index in [1.165, 1.54) is 0 Å². The van der Waals surface area contributed by atoms with E-state index in [9.17, 15) is 4.21 Å². The third kappa shape index (κ3) is 2.74. The molecule has 1 rings (SSSR count). The zero-order valence-corrected chi connectivity index (χ0v) is 9.05. The second kappa shape index (κ2) is 5.05. The molecule has 0 radical (unpaired) electrons. The molecule has 1 fully saturated rings. The zero-order chi connectivity index (χ0) is 9.84. The first kappa shape index (κ1) is 11.1. The van der Waals surface area contributed by atoms with E-state index in [-0.39, 0.29) is 12.1 Å². The van der Waals surface area contributed by atoms with E-state index < -0.39 is 11.0 Å². The smallest absolute Gasteiger partial charge is 0.0913 e. The summed E-state index contributed by atoms with van der Waals surface area (Å²) in [7, 11) is 0.818. The molecule has 0 saturated carbocycles. The Hall–Kier alpha value is 0.0300. The minimum absolute atomic E-state index is 0.213. The first-order chi connectivity index (χ1) is 6.19. The van der Waals surface area contributed by atoms with Crippen molar-refractivity contribution in [3.05, 3.63) is 0 Å². The van der Waals surface area contributed by atoms with E-state index in [1.807, 2.05) is 4.31 Å². The Balaban J connectivity index is 2.55. The van der Waals surface area contributed by atoms with Crippen LogP contribution in [-0.2, 0) is 15.7 Å². The molecule has 4 nitrogen and oxygen atoms in total. The summed E-state index contributed by atoms with van der Waals surface area (Å²) in [6.07, 6.45) is 3.84. The number of hydrogen-bond donors (Lipinski definition) is 1. The van der Waals surface area contributed by atoms with Crippen molar-refractivity contribution in [2.45, 2.75) is 25.0 Å². The molecule has 3 unspecified atom stereocenters. The highest BCUT2D eigenvalue weighted by molar-refractivity contribution is 7.81. The molecule has 0 aliphatic carbocycles. The number of methoxy groups -OCH3 is 1. The van der Waals surface area contributed by atoms with Crippen LogP contribution in [0.1, 0.15) is 12.8 Å². The molecule has 1 heterocycles. The summed E-state index contributed by atoms with van der Waals surface area (Å²) in [6, 6.07) is 0.213. The molecule has 0 aromatic rings. The van der Waals surface area contributed by atoms with Gasteiger partial charge in [0.2, 0.25) is 0 Å². The summed E-state index contributed by atoms with van der Waals surface area (Å²) in [5.74, 6) is 0. The molecule has 5 heteroatoms. The molecular formula is C8H18N2O2S. The van der Waals surface area contributed by atoms with Gasteiger partial charge in [-0.15, -0.1) is 0 Å². The second-order valence-corrected chi connectivity index (χ2v) is 4.65. The van der Waals surface area contributed by atoms with Crippen molar-refractivity contribution in [2.24, 2.45) is 5.73 Å². The van der Waals surface area contributed by atoms with Crippen molar-refractivity contribution < 1.29 is 8.95 Å². The number of rotatable bonds is 3. The summed E-state index contributed by atoms with van der Waals surface area (Å²) in [6.45, 7) is 1.38. The molecule has 1 aliphatic heterocycles. The Labute approximate surface area is 82.0 Å². The van der Waals surface area contributed by atoms with E-state index >= 15 is 0 Å². The first-order valence-electron chi connectivity index (χ1n) is 4.52. The predicted molar refractivity (Wildman–Crippen MR) is 53.6 cm³/mol. The van der Waals surface area contributed by atoms with E-state index in [1.54, 1.807) is 13.4 Å². The van der Waals surface area contributed by atoms with Crippen molar-refractivity contribution in [2.75, 3.05) is 26.5 Å². The van der Waals surface area contributed by atoms with Crippen LogP contribution in [0.25, 0.3) is 0 Å². The second-order valence-electron chi connectivity index (χ2n) is 3.34. The van der Waals surface area contributed by atoms with Gasteiger partial charge in [0.25, 0.3) is 0 Å². The predicted octanol–water partition coefficient (Wildman–Crippen LogP) is -0.282. The van der Waals surface area contributed by atoms with E-state index in [4.69, 9.17) is 10.5 Å². The molecule has 13 heavy (non-hydrogen) atoms. The van der Waals surface area contributed by atoms with Crippen molar-refractivity contribution >= 4 is 11.0 Å². The van der Waals surface area contributed by atoms with Gasteiger partial charge in [-0.25, -0.2) is 8.51 Å². The molecule has 0 spiro atoms. The quantitative estimate of drug-likeness (QED) is 0.691. The maximum atomic E-state index is 11.3. The largest absolute Gasteiger partial charge is 0.381 e. The van der Waals surface area contributed by atoms with Gasteiger partial charge >= 0.3 is 0 Å². The maximum absolute atomic E-state index is 11.3. The number of piperidine rings is 1. The summed E-state index contributed by atoms with van der Waals surface area (Å²) in [5.41, 5.74) is 5.62. The lowest BCUT2D eigenvalue weighted by molar-refractivity contribution is 0.0417. The molecule has 0 aromatic carbocycles. The van der Waals surface area contributed by atoms with Gasteiger partial charge < -0.3 is 10.5 Å². The Morgan fingerprint density at radius 1 is 1.69 bits per heavy atom. The standard InChI is InChI=1S/C8H18N2O2S/c1-12-8-3-4-10(13(2)11)7(5-8)6-9/h7-8H,3-6,9H2,1-2H3. The third-order valence-corrected chi connectivity index (χ3v) is 3.69. The molecule has 0 bridgehead atoms. The highest BCUT2D eigenvalue weighted by Gasteiger charge is 2.29. The maximum Gasteiger partial charge on any atom is 0.0913 e. The number of ether oxygens (including phenoxy) is 1. The van der Waals surface area contributed by atoms with Crippen LogP contribution in [-0.4, -0.2) is 47.1 Å². The Kier molecular flexibility index (Phi) is 4.31. The molecule has 2 N–H and O–H groups in total. The van der Waals surface area contributed by atoms with Gasteiger partial charge in [-0.2, -0.15) is 0 Å². The van der Waals surface area contributed by atoms with Crippen LogP contribution in [0.2, 0.25) is 0 Å². The average molecular weight is 206 g/mol. The van der Waals surface area contributed by atoms with Crippen molar-refractivity contribution in [1.29, 1.82) is 0 Å². The molecular weight excluding hydrogens is 188 g/mol. The summed E-state index contributed by atoms with van der Waals surface area (Å²) in [4.78, 5) is 0. The summed E-state index contributed by atoms with van der Waals surface area (Å²) in [5, 5.41) is 0. The minimum atomic E-state index is -0.901. The number of nitrogens with two attached hydrogens (primary N) is 1. The monoisotopic (exact) mass is 206 g/mol. The summed E-state index contributed by atoms with van der Waals surface area (Å²) < 4.78 is 18.5. The van der Waals surface area contributed by atoms with Crippen LogP contribution < -0.4 is 5.73 Å². The van der Waals surface area contributed by atoms with Gasteiger partial charge in [0.1, 0.15) is 0 Å². The number of hydrogen-bond acceptors (Lipinski definition) is 3. The van der Waals surface area contributed by atoms with E-state index in [2.05, 4.69) is 0 Å². The Bertz CT molecular complexity index is 189. The Morgan fingerprint density at radius 2 is 2.38 bits per heavy atom. The molecule has 1 aliphatic rings. The molecule has 1 saturated heterocycles. The van der Waals surface area contributed by atoms with Crippen LogP contribution in [0.4, 0.5) is 0 Å². The van der Waals surface area contributed by atoms with Gasteiger partial charge in [0.15, 0.2) is 0 Å². The fourth-order valence-corrected chi connectivity index (χ4v) is 2.71. The number of nitrogens with zero attached hydrogens (tertiary/aromatic N) is 1. The van der Waals surface area contributed by atoms with Gasteiger partial charge in [0, 0.05) is 32.5 Å². The zero-order valence-electron chi connectivity index (χ0n) is 8.23. The highest BCUT2D eigenvalue weighted by atomic mass is 32.2. The van der Waals surface area contributed by atoms with Crippen LogP contribution in [0, 0.1) is 0 Å². The van der Waals surface area contributed by atoms with Crippen molar-refractivity contribution in [3.8, 4) is 0 Å². The lowest BCUT2D eigenvalue weighted by Crippen LogP contribution is -2.48. The molecule has 0 amide bonds. The molecule has 3 atom stereocenters. The molecule has 78 valence electrons. The van der Waals surface area contributed by atoms with Crippen LogP contribution in [0.3, 0.4) is 0 Å². The summed E-state index contributed by atoms with van der Waals surface area (Å²) >= 11 is 0. The van der Waals surface area contributed by atoms with Gasteiger partial charge in [-0.05, 0) is 12.8 Å². The highest BCUT2D eigenvalue weighted by Crippen LogP contribution is 2.19. The first-order valence-corrected chi connectivity index (χ1v) is 6.03. The van der Waals surface area contributed by atoms with Crippen LogP contribution in [0.15, 0.2) is 0 Å². The molecule has 0 aromatic heterocycles. The SMILES string of the molecule is COC1CCN(S(C)=O)C(CN)C1. The normalized spacial score (nSPS) is 33.2. The van der Waals surface area contributed by atoms with E-state index in [0.717, 1.165) is 19.4 Å². The topological polar surface area (TPSA) is 55.6 Å². The average Bonchev–Trinajstić information content (AvgIpc) is 2.16. The van der Waals surface area contributed by atoms with E-state index in [0.29, 0.717) is 6.54 Å². The van der Waals surface area contributed by atoms with Gasteiger partial charge in [-0.3, -0.25) is 0 Å². The fourth-order valence-electron chi connectivity index (χ4n) is 1.76. The Morgan fingerprint density at radius 3 is 2.85 bits per heavy atom. The lowest BCUT2D eigenvalue weighted by Gasteiger charge is -2.36. The van der Waals surface area contributed by atoms with Crippen molar-refractivity contribution in [3.63, 3.8) is 0 Å².